The molecule has 4 aromatic rings. The van der Waals surface area contributed by atoms with E-state index < -0.39 is 10.0 Å². The molecule has 2 aromatic carbocycles. The maximum atomic E-state index is 13.4. The highest BCUT2D eigenvalue weighted by Crippen LogP contribution is 2.24. The van der Waals surface area contributed by atoms with Gasteiger partial charge >= 0.3 is 0 Å². The van der Waals surface area contributed by atoms with E-state index in [1.165, 1.54) is 29.8 Å². The quantitative estimate of drug-likeness (QED) is 0.473. The minimum absolute atomic E-state index is 0.00728. The number of furan rings is 1. The third-order valence-electron chi connectivity index (χ3n) is 5.12. The van der Waals surface area contributed by atoms with Crippen molar-refractivity contribution in [1.29, 1.82) is 0 Å². The summed E-state index contributed by atoms with van der Waals surface area (Å²) in [6.07, 6.45) is 1.49. The fourth-order valence-electron chi connectivity index (χ4n) is 3.43. The molecule has 4 rings (SSSR count). The summed E-state index contributed by atoms with van der Waals surface area (Å²) >= 11 is 0. The molecule has 0 saturated carbocycles. The van der Waals surface area contributed by atoms with E-state index in [0.717, 1.165) is 16.5 Å². The van der Waals surface area contributed by atoms with Crippen LogP contribution in [0.15, 0.2) is 81.0 Å². The van der Waals surface area contributed by atoms with E-state index in [2.05, 4.69) is 4.98 Å². The van der Waals surface area contributed by atoms with Crippen LogP contribution in [-0.4, -0.2) is 24.8 Å². The molecule has 0 radical (unpaired) electrons. The molecule has 0 aliphatic rings. The van der Waals surface area contributed by atoms with Crippen LogP contribution in [0.2, 0.25) is 0 Å². The van der Waals surface area contributed by atoms with Crippen LogP contribution in [0, 0.1) is 6.92 Å². The molecule has 0 saturated heterocycles. The summed E-state index contributed by atoms with van der Waals surface area (Å²) in [5.74, 6) is 1.03. The molecule has 1 N–H and O–H groups in total. The predicted molar refractivity (Wildman–Crippen MR) is 117 cm³/mol. The maximum Gasteiger partial charge on any atom is 0.252 e. The molecule has 0 bridgehead atoms. The van der Waals surface area contributed by atoms with Gasteiger partial charge in [-0.1, -0.05) is 18.2 Å². The van der Waals surface area contributed by atoms with E-state index in [9.17, 15) is 13.2 Å². The molecule has 0 atom stereocenters. The molecular weight excluding hydrogens is 416 g/mol. The van der Waals surface area contributed by atoms with Gasteiger partial charge in [-0.2, -0.15) is 4.31 Å². The van der Waals surface area contributed by atoms with Gasteiger partial charge in [0, 0.05) is 12.1 Å². The molecule has 0 unspecified atom stereocenters. The summed E-state index contributed by atoms with van der Waals surface area (Å²) in [6, 6.07) is 17.0. The molecule has 8 heteroatoms. The molecule has 160 valence electrons. The summed E-state index contributed by atoms with van der Waals surface area (Å²) in [5, 5.41) is 0.842. The number of para-hydroxylation sites is 1. The van der Waals surface area contributed by atoms with Crippen LogP contribution in [0.25, 0.3) is 10.9 Å². The summed E-state index contributed by atoms with van der Waals surface area (Å²) < 4.78 is 38.6. The molecule has 0 fully saturated rings. The van der Waals surface area contributed by atoms with Crippen LogP contribution in [0.5, 0.6) is 5.75 Å². The number of aromatic amines is 1. The zero-order valence-corrected chi connectivity index (χ0v) is 18.0. The van der Waals surface area contributed by atoms with Crippen molar-refractivity contribution in [3.05, 3.63) is 94.2 Å². The van der Waals surface area contributed by atoms with E-state index >= 15 is 0 Å². The molecule has 2 aromatic heterocycles. The second kappa shape index (κ2) is 8.41. The topological polar surface area (TPSA) is 92.6 Å². The van der Waals surface area contributed by atoms with Gasteiger partial charge in [-0.25, -0.2) is 8.42 Å². The highest BCUT2D eigenvalue weighted by atomic mass is 32.2. The zero-order valence-electron chi connectivity index (χ0n) is 17.2. The van der Waals surface area contributed by atoms with E-state index in [1.54, 1.807) is 30.3 Å². The molecule has 0 aliphatic heterocycles. The van der Waals surface area contributed by atoms with Gasteiger partial charge < -0.3 is 14.1 Å². The van der Waals surface area contributed by atoms with Crippen molar-refractivity contribution < 1.29 is 17.6 Å². The first kappa shape index (κ1) is 20.9. The lowest BCUT2D eigenvalue weighted by molar-refractivity contribution is 0.357. The Labute approximate surface area is 179 Å². The van der Waals surface area contributed by atoms with Gasteiger partial charge in [0.05, 0.1) is 30.3 Å². The lowest BCUT2D eigenvalue weighted by Crippen LogP contribution is -2.32. The maximum absolute atomic E-state index is 13.4. The summed E-state index contributed by atoms with van der Waals surface area (Å²) in [5.41, 5.74) is 1.71. The fraction of sp³-hybridized carbons (Fsp3) is 0.174. The summed E-state index contributed by atoms with van der Waals surface area (Å²) in [7, 11) is -2.40. The highest BCUT2D eigenvalue weighted by molar-refractivity contribution is 7.89. The second-order valence-electron chi connectivity index (χ2n) is 7.19. The third kappa shape index (κ3) is 4.26. The van der Waals surface area contributed by atoms with E-state index in [1.807, 2.05) is 25.1 Å². The number of methoxy groups -OCH3 is 1. The van der Waals surface area contributed by atoms with Gasteiger partial charge in [0.1, 0.15) is 11.5 Å². The minimum Gasteiger partial charge on any atom is -0.497 e. The van der Waals surface area contributed by atoms with Crippen LogP contribution >= 0.6 is 0 Å². The SMILES string of the molecule is COc1ccc(S(=O)(=O)N(Cc2ccco2)Cc2cc3cccc(C)c3[nH]c2=O)cc1. The number of fused-ring (bicyclic) bond motifs is 1. The van der Waals surface area contributed by atoms with Crippen LogP contribution in [0.1, 0.15) is 16.9 Å². The Hall–Kier alpha value is -3.36. The number of aromatic nitrogens is 1. The first-order valence-corrected chi connectivity index (χ1v) is 11.1. The monoisotopic (exact) mass is 438 g/mol. The van der Waals surface area contributed by atoms with Gasteiger partial charge in [-0.3, -0.25) is 4.79 Å². The Balaban J connectivity index is 1.76. The van der Waals surface area contributed by atoms with E-state index in [0.29, 0.717) is 17.1 Å². The average molecular weight is 439 g/mol. The third-order valence-corrected chi connectivity index (χ3v) is 6.93. The Morgan fingerprint density at radius 2 is 1.81 bits per heavy atom. The van der Waals surface area contributed by atoms with Crippen molar-refractivity contribution in [2.24, 2.45) is 0 Å². The second-order valence-corrected chi connectivity index (χ2v) is 9.13. The Kier molecular flexibility index (Phi) is 5.67. The number of pyridine rings is 1. The highest BCUT2D eigenvalue weighted by Gasteiger charge is 2.27. The van der Waals surface area contributed by atoms with Crippen molar-refractivity contribution in [2.75, 3.05) is 7.11 Å². The summed E-state index contributed by atoms with van der Waals surface area (Å²) in [6.45, 7) is 1.80. The molecule has 0 spiro atoms. The standard InChI is InChI=1S/C23H22N2O5S/c1-16-5-3-6-17-13-18(23(26)24-22(16)17)14-25(15-20-7-4-12-30-20)31(27,28)21-10-8-19(29-2)9-11-21/h3-13H,14-15H2,1-2H3,(H,24,26). The largest absolute Gasteiger partial charge is 0.497 e. The van der Waals surface area contributed by atoms with Crippen molar-refractivity contribution in [1.82, 2.24) is 9.29 Å². The normalized spacial score (nSPS) is 11.8. The van der Waals surface area contributed by atoms with Gasteiger partial charge in [0.2, 0.25) is 10.0 Å². The molecule has 0 amide bonds. The van der Waals surface area contributed by atoms with Gasteiger partial charge in [-0.05, 0) is 60.3 Å². The Bertz CT molecular complexity index is 1360. The number of H-pyrrole nitrogens is 1. The number of nitrogens with one attached hydrogen (secondary N) is 1. The van der Waals surface area contributed by atoms with Crippen LogP contribution in [0.3, 0.4) is 0 Å². The van der Waals surface area contributed by atoms with Gasteiger partial charge in [0.25, 0.3) is 5.56 Å². The lowest BCUT2D eigenvalue weighted by atomic mass is 10.1. The van der Waals surface area contributed by atoms with Crippen molar-refractivity contribution in [2.45, 2.75) is 24.9 Å². The number of ether oxygens (including phenoxy) is 1. The number of sulfonamides is 1. The summed E-state index contributed by atoms with van der Waals surface area (Å²) in [4.78, 5) is 15.7. The molecule has 31 heavy (non-hydrogen) atoms. The van der Waals surface area contributed by atoms with E-state index in [4.69, 9.17) is 9.15 Å². The first-order chi connectivity index (χ1) is 14.9. The zero-order chi connectivity index (χ0) is 22.0. The number of hydrogen-bond acceptors (Lipinski definition) is 5. The van der Waals surface area contributed by atoms with Crippen LogP contribution in [-0.2, 0) is 23.1 Å². The van der Waals surface area contributed by atoms with Crippen molar-refractivity contribution in [3.63, 3.8) is 0 Å². The molecule has 0 aliphatic carbocycles. The van der Waals surface area contributed by atoms with Crippen LogP contribution in [0.4, 0.5) is 0 Å². The van der Waals surface area contributed by atoms with E-state index in [-0.39, 0.29) is 23.5 Å². The lowest BCUT2D eigenvalue weighted by Gasteiger charge is -2.21. The number of nitrogens with zero attached hydrogens (tertiary/aromatic N) is 1. The predicted octanol–water partition coefficient (Wildman–Crippen LogP) is 3.83. The minimum atomic E-state index is -3.91. The molecular formula is C23H22N2O5S. The number of hydrogen-bond donors (Lipinski definition) is 1. The number of benzene rings is 2. The average Bonchev–Trinajstić information content (AvgIpc) is 3.28. The first-order valence-electron chi connectivity index (χ1n) is 9.66. The number of rotatable bonds is 7. The molecule has 2 heterocycles. The smallest absolute Gasteiger partial charge is 0.252 e. The Morgan fingerprint density at radius 3 is 2.48 bits per heavy atom. The van der Waals surface area contributed by atoms with Crippen molar-refractivity contribution >= 4 is 20.9 Å². The van der Waals surface area contributed by atoms with Crippen LogP contribution < -0.4 is 10.3 Å². The van der Waals surface area contributed by atoms with Gasteiger partial charge in [0.15, 0.2) is 0 Å². The van der Waals surface area contributed by atoms with Crippen molar-refractivity contribution in [3.8, 4) is 5.75 Å². The Morgan fingerprint density at radius 1 is 1.03 bits per heavy atom. The fourth-order valence-corrected chi connectivity index (χ4v) is 4.82. The van der Waals surface area contributed by atoms with Gasteiger partial charge in [-0.15, -0.1) is 0 Å². The molecule has 7 nitrogen and oxygen atoms in total. The number of aryl methyl sites for hydroxylation is 1.